The molecular weight excluding hydrogens is 208 g/mol. The van der Waals surface area contributed by atoms with Gasteiger partial charge in [0.1, 0.15) is 5.82 Å². The van der Waals surface area contributed by atoms with E-state index in [-0.39, 0.29) is 5.69 Å². The zero-order valence-corrected chi connectivity index (χ0v) is 8.68. The fraction of sp³-hybridized carbons (Fsp3) is 0.444. The highest BCUT2D eigenvalue weighted by Gasteiger charge is 2.12. The van der Waals surface area contributed by atoms with Crippen LogP contribution in [0.3, 0.4) is 0 Å². The van der Waals surface area contributed by atoms with Crippen LogP contribution in [0, 0.1) is 0 Å². The summed E-state index contributed by atoms with van der Waals surface area (Å²) >= 11 is 0. The lowest BCUT2D eigenvalue weighted by Crippen LogP contribution is -2.44. The maximum atomic E-state index is 11.4. The van der Waals surface area contributed by atoms with E-state index in [0.29, 0.717) is 5.65 Å². The van der Waals surface area contributed by atoms with Gasteiger partial charge in [-0.3, -0.25) is 0 Å². The van der Waals surface area contributed by atoms with Crippen LogP contribution in [0.1, 0.15) is 0 Å². The van der Waals surface area contributed by atoms with Crippen molar-refractivity contribution in [2.45, 2.75) is 0 Å². The van der Waals surface area contributed by atoms with E-state index >= 15 is 0 Å². The van der Waals surface area contributed by atoms with Crippen LogP contribution >= 0.6 is 0 Å². The number of hydrogen-bond acceptors (Lipinski definition) is 5. The molecular formula is C9H12N6O. The van der Waals surface area contributed by atoms with E-state index < -0.39 is 0 Å². The summed E-state index contributed by atoms with van der Waals surface area (Å²) in [6.07, 6.45) is 0. The van der Waals surface area contributed by atoms with Gasteiger partial charge in [0.25, 0.3) is 0 Å². The molecule has 1 aliphatic heterocycles. The number of fused-ring (bicyclic) bond motifs is 1. The highest BCUT2D eigenvalue weighted by atomic mass is 16.2. The third kappa shape index (κ3) is 1.45. The van der Waals surface area contributed by atoms with Crippen LogP contribution in [0.2, 0.25) is 0 Å². The highest BCUT2D eigenvalue weighted by Crippen LogP contribution is 2.10. The SMILES string of the molecule is O=c1[nH]nc2ccc(N3CCNCC3)nn12. The molecule has 16 heavy (non-hydrogen) atoms. The molecule has 0 saturated carbocycles. The van der Waals surface area contributed by atoms with Crippen LogP contribution in [0.5, 0.6) is 0 Å². The Morgan fingerprint density at radius 2 is 2.06 bits per heavy atom. The fourth-order valence-electron chi connectivity index (χ4n) is 1.86. The Labute approximate surface area is 91.1 Å². The Hall–Kier alpha value is -1.89. The van der Waals surface area contributed by atoms with Crippen molar-refractivity contribution in [3.05, 3.63) is 22.6 Å². The molecule has 0 bridgehead atoms. The molecule has 3 rings (SSSR count). The van der Waals surface area contributed by atoms with Gasteiger partial charge in [0.2, 0.25) is 0 Å². The lowest BCUT2D eigenvalue weighted by molar-refractivity contribution is 0.581. The zero-order valence-electron chi connectivity index (χ0n) is 8.68. The van der Waals surface area contributed by atoms with Crippen LogP contribution in [0.25, 0.3) is 5.65 Å². The van der Waals surface area contributed by atoms with Crippen molar-refractivity contribution in [1.82, 2.24) is 25.1 Å². The standard InChI is InChI=1S/C9H12N6O/c16-9-12-11-7-1-2-8(13-15(7)9)14-5-3-10-4-6-14/h1-2,10H,3-6H2,(H,12,16). The summed E-state index contributed by atoms with van der Waals surface area (Å²) in [5.74, 6) is 0.817. The van der Waals surface area contributed by atoms with Gasteiger partial charge in [-0.1, -0.05) is 0 Å². The van der Waals surface area contributed by atoms with Gasteiger partial charge in [-0.25, -0.2) is 9.89 Å². The smallest absolute Gasteiger partial charge is 0.353 e. The molecule has 0 aromatic carbocycles. The number of aromatic nitrogens is 4. The first-order valence-electron chi connectivity index (χ1n) is 5.25. The normalized spacial score (nSPS) is 16.9. The van der Waals surface area contributed by atoms with Gasteiger partial charge in [-0.2, -0.15) is 9.61 Å². The molecule has 0 amide bonds. The van der Waals surface area contributed by atoms with Crippen molar-refractivity contribution >= 4 is 11.5 Å². The van der Waals surface area contributed by atoms with E-state index in [1.807, 2.05) is 6.07 Å². The lowest BCUT2D eigenvalue weighted by atomic mass is 10.3. The third-order valence-electron chi connectivity index (χ3n) is 2.70. The van der Waals surface area contributed by atoms with Gasteiger partial charge < -0.3 is 10.2 Å². The summed E-state index contributed by atoms with van der Waals surface area (Å²) in [4.78, 5) is 13.5. The van der Waals surface area contributed by atoms with Crippen LogP contribution in [-0.2, 0) is 0 Å². The average molecular weight is 220 g/mol. The molecule has 1 aliphatic rings. The number of piperazine rings is 1. The Bertz CT molecular complexity index is 552. The Balaban J connectivity index is 2.03. The second kappa shape index (κ2) is 3.60. The number of nitrogens with one attached hydrogen (secondary N) is 2. The maximum absolute atomic E-state index is 11.4. The average Bonchev–Trinajstić information content (AvgIpc) is 2.72. The molecule has 0 spiro atoms. The molecule has 2 aromatic heterocycles. The highest BCUT2D eigenvalue weighted by molar-refractivity contribution is 5.45. The molecule has 1 saturated heterocycles. The van der Waals surface area contributed by atoms with Crippen molar-refractivity contribution in [2.75, 3.05) is 31.1 Å². The number of anilines is 1. The van der Waals surface area contributed by atoms with Crippen LogP contribution in [-0.4, -0.2) is 46.0 Å². The minimum absolute atomic E-state index is 0.299. The molecule has 0 radical (unpaired) electrons. The Morgan fingerprint density at radius 1 is 1.25 bits per heavy atom. The molecule has 0 aliphatic carbocycles. The van der Waals surface area contributed by atoms with Gasteiger partial charge in [-0.15, -0.1) is 5.10 Å². The summed E-state index contributed by atoms with van der Waals surface area (Å²) in [6, 6.07) is 3.68. The molecule has 1 fully saturated rings. The van der Waals surface area contributed by atoms with E-state index in [1.165, 1.54) is 4.52 Å². The number of H-pyrrole nitrogens is 1. The number of rotatable bonds is 1. The lowest BCUT2D eigenvalue weighted by Gasteiger charge is -2.27. The second-order valence-corrected chi connectivity index (χ2v) is 3.73. The number of hydrogen-bond donors (Lipinski definition) is 2. The molecule has 84 valence electrons. The van der Waals surface area contributed by atoms with Crippen molar-refractivity contribution in [3.63, 3.8) is 0 Å². The van der Waals surface area contributed by atoms with Gasteiger partial charge >= 0.3 is 5.69 Å². The van der Waals surface area contributed by atoms with Crippen molar-refractivity contribution in [2.24, 2.45) is 0 Å². The predicted octanol–water partition coefficient (Wildman–Crippen LogP) is -1.17. The van der Waals surface area contributed by atoms with E-state index in [0.717, 1.165) is 32.0 Å². The second-order valence-electron chi connectivity index (χ2n) is 3.73. The molecule has 3 heterocycles. The molecule has 2 N–H and O–H groups in total. The number of aromatic amines is 1. The molecule has 7 nitrogen and oxygen atoms in total. The Morgan fingerprint density at radius 3 is 2.88 bits per heavy atom. The van der Waals surface area contributed by atoms with E-state index in [9.17, 15) is 4.79 Å². The van der Waals surface area contributed by atoms with Crippen molar-refractivity contribution in [3.8, 4) is 0 Å². The first-order valence-corrected chi connectivity index (χ1v) is 5.25. The van der Waals surface area contributed by atoms with E-state index in [4.69, 9.17) is 0 Å². The first-order chi connectivity index (χ1) is 7.84. The van der Waals surface area contributed by atoms with Crippen LogP contribution in [0.15, 0.2) is 16.9 Å². The zero-order chi connectivity index (χ0) is 11.0. The van der Waals surface area contributed by atoms with Gasteiger partial charge in [0, 0.05) is 26.2 Å². The minimum Gasteiger partial charge on any atom is -0.353 e. The molecule has 0 unspecified atom stereocenters. The maximum Gasteiger partial charge on any atom is 0.364 e. The summed E-state index contributed by atoms with van der Waals surface area (Å²) in [7, 11) is 0. The largest absolute Gasteiger partial charge is 0.364 e. The van der Waals surface area contributed by atoms with Gasteiger partial charge in [-0.05, 0) is 12.1 Å². The molecule has 2 aromatic rings. The fourth-order valence-corrected chi connectivity index (χ4v) is 1.86. The summed E-state index contributed by atoms with van der Waals surface area (Å²) in [5.41, 5.74) is 0.246. The minimum atomic E-state index is -0.299. The summed E-state index contributed by atoms with van der Waals surface area (Å²) < 4.78 is 1.29. The topological polar surface area (TPSA) is 78.3 Å². The van der Waals surface area contributed by atoms with Gasteiger partial charge in [0.05, 0.1) is 0 Å². The van der Waals surface area contributed by atoms with Gasteiger partial charge in [0.15, 0.2) is 5.65 Å². The predicted molar refractivity (Wildman–Crippen MR) is 58.7 cm³/mol. The van der Waals surface area contributed by atoms with E-state index in [2.05, 4.69) is 25.5 Å². The number of nitrogens with zero attached hydrogens (tertiary/aromatic N) is 4. The summed E-state index contributed by atoms with van der Waals surface area (Å²) in [5, 5.41) is 13.7. The van der Waals surface area contributed by atoms with Crippen molar-refractivity contribution in [1.29, 1.82) is 0 Å². The van der Waals surface area contributed by atoms with Crippen LogP contribution < -0.4 is 15.9 Å². The molecule has 0 atom stereocenters. The van der Waals surface area contributed by atoms with Crippen molar-refractivity contribution < 1.29 is 0 Å². The first kappa shape index (κ1) is 9.34. The molecule has 7 heteroatoms. The quantitative estimate of drug-likeness (QED) is 0.633. The van der Waals surface area contributed by atoms with Crippen LogP contribution in [0.4, 0.5) is 5.82 Å². The van der Waals surface area contributed by atoms with E-state index in [1.54, 1.807) is 6.07 Å². The monoisotopic (exact) mass is 220 g/mol. The third-order valence-corrected chi connectivity index (χ3v) is 2.70. The summed E-state index contributed by atoms with van der Waals surface area (Å²) in [6.45, 7) is 3.70. The Kier molecular flexibility index (Phi) is 2.10.